The maximum atomic E-state index is 12.2. The molecular formula is C14H25N5O. The van der Waals surface area contributed by atoms with Gasteiger partial charge in [-0.3, -0.25) is 9.48 Å². The van der Waals surface area contributed by atoms with Crippen LogP contribution in [0.2, 0.25) is 0 Å². The zero-order chi connectivity index (χ0) is 14.4. The van der Waals surface area contributed by atoms with Crippen LogP contribution in [-0.4, -0.2) is 44.7 Å². The van der Waals surface area contributed by atoms with E-state index in [1.54, 1.807) is 11.0 Å². The summed E-state index contributed by atoms with van der Waals surface area (Å²) in [5, 5.41) is 7.37. The summed E-state index contributed by atoms with van der Waals surface area (Å²) >= 11 is 0. The Labute approximate surface area is 120 Å². The first-order valence-corrected chi connectivity index (χ1v) is 7.51. The van der Waals surface area contributed by atoms with Crippen molar-refractivity contribution in [3.8, 4) is 0 Å². The Morgan fingerprint density at radius 3 is 2.65 bits per heavy atom. The van der Waals surface area contributed by atoms with Crippen LogP contribution >= 0.6 is 0 Å². The van der Waals surface area contributed by atoms with Gasteiger partial charge in [0.25, 0.3) is 0 Å². The van der Waals surface area contributed by atoms with Gasteiger partial charge in [0.15, 0.2) is 0 Å². The molecule has 1 aromatic rings. The molecule has 6 heteroatoms. The molecule has 1 atom stereocenters. The van der Waals surface area contributed by atoms with Gasteiger partial charge in [0, 0.05) is 32.6 Å². The number of carbonyl (C=O) groups is 1. The minimum absolute atomic E-state index is 0.155. The number of hydrogen-bond acceptors (Lipinski definition) is 4. The van der Waals surface area contributed by atoms with Crippen LogP contribution in [0.15, 0.2) is 6.33 Å². The first-order chi connectivity index (χ1) is 9.66. The third-order valence-corrected chi connectivity index (χ3v) is 3.85. The van der Waals surface area contributed by atoms with Crippen molar-refractivity contribution in [3.63, 3.8) is 0 Å². The Morgan fingerprint density at radius 2 is 2.05 bits per heavy atom. The molecule has 0 radical (unpaired) electrons. The number of nitrogens with one attached hydrogen (secondary N) is 1. The fourth-order valence-electron chi connectivity index (χ4n) is 2.53. The molecule has 1 aromatic heterocycles. The Bertz CT molecular complexity index is 423. The molecule has 0 aromatic carbocycles. The topological polar surface area (TPSA) is 63.1 Å². The highest BCUT2D eigenvalue weighted by molar-refractivity contribution is 5.76. The molecule has 1 aliphatic rings. The fraction of sp³-hybridized carbons (Fsp3) is 0.786. The molecule has 20 heavy (non-hydrogen) atoms. The van der Waals surface area contributed by atoms with E-state index in [1.807, 2.05) is 18.9 Å². The number of amides is 1. The number of aryl methyl sites for hydroxylation is 1. The second kappa shape index (κ2) is 7.38. The molecule has 1 aliphatic heterocycles. The van der Waals surface area contributed by atoms with Gasteiger partial charge < -0.3 is 10.2 Å². The van der Waals surface area contributed by atoms with Crippen molar-refractivity contribution in [2.75, 3.05) is 13.1 Å². The van der Waals surface area contributed by atoms with Crippen LogP contribution in [0.5, 0.6) is 0 Å². The van der Waals surface area contributed by atoms with E-state index in [9.17, 15) is 4.79 Å². The maximum absolute atomic E-state index is 12.2. The summed E-state index contributed by atoms with van der Waals surface area (Å²) in [6.45, 7) is 4.54. The van der Waals surface area contributed by atoms with Gasteiger partial charge in [-0.1, -0.05) is 12.8 Å². The second-order valence-corrected chi connectivity index (χ2v) is 5.58. The smallest absolute Gasteiger partial charge is 0.224 e. The predicted molar refractivity (Wildman–Crippen MR) is 77.0 cm³/mol. The van der Waals surface area contributed by atoms with E-state index < -0.39 is 0 Å². The zero-order valence-corrected chi connectivity index (χ0v) is 12.5. The SMILES string of the molecule is C[C@H](CC(=O)N1CCCCCC1)NCc1ncnn1C. The highest BCUT2D eigenvalue weighted by Crippen LogP contribution is 2.11. The van der Waals surface area contributed by atoms with E-state index in [0.717, 1.165) is 31.8 Å². The lowest BCUT2D eigenvalue weighted by molar-refractivity contribution is -0.131. The molecule has 2 rings (SSSR count). The van der Waals surface area contributed by atoms with Crippen LogP contribution < -0.4 is 5.32 Å². The van der Waals surface area contributed by atoms with E-state index in [0.29, 0.717) is 13.0 Å². The third-order valence-electron chi connectivity index (χ3n) is 3.85. The summed E-state index contributed by atoms with van der Waals surface area (Å²) < 4.78 is 1.75. The van der Waals surface area contributed by atoms with Gasteiger partial charge in [-0.05, 0) is 19.8 Å². The van der Waals surface area contributed by atoms with Crippen molar-refractivity contribution < 1.29 is 4.79 Å². The van der Waals surface area contributed by atoms with E-state index in [1.165, 1.54) is 12.8 Å². The molecule has 1 saturated heterocycles. The van der Waals surface area contributed by atoms with Gasteiger partial charge in [-0.2, -0.15) is 5.10 Å². The van der Waals surface area contributed by atoms with Crippen LogP contribution in [0, 0.1) is 0 Å². The summed E-state index contributed by atoms with van der Waals surface area (Å²) in [4.78, 5) is 18.4. The first-order valence-electron chi connectivity index (χ1n) is 7.51. The van der Waals surface area contributed by atoms with E-state index >= 15 is 0 Å². The van der Waals surface area contributed by atoms with Crippen molar-refractivity contribution in [1.29, 1.82) is 0 Å². The standard InChI is InChI=1S/C14H25N5O/c1-12(15-10-13-16-11-17-18(13)2)9-14(20)19-7-5-3-4-6-8-19/h11-12,15H,3-10H2,1-2H3/t12-/m1/s1. The molecule has 2 heterocycles. The average Bonchev–Trinajstić information content (AvgIpc) is 2.68. The minimum atomic E-state index is 0.155. The van der Waals surface area contributed by atoms with Gasteiger partial charge in [0.2, 0.25) is 5.91 Å². The highest BCUT2D eigenvalue weighted by atomic mass is 16.2. The van der Waals surface area contributed by atoms with E-state index in [4.69, 9.17) is 0 Å². The number of likely N-dealkylation sites (tertiary alicyclic amines) is 1. The lowest BCUT2D eigenvalue weighted by atomic mass is 10.2. The lowest BCUT2D eigenvalue weighted by Crippen LogP contribution is -2.37. The summed E-state index contributed by atoms with van der Waals surface area (Å²) in [5.41, 5.74) is 0. The quantitative estimate of drug-likeness (QED) is 0.876. The number of hydrogen-bond donors (Lipinski definition) is 1. The van der Waals surface area contributed by atoms with Gasteiger partial charge in [0.1, 0.15) is 12.2 Å². The van der Waals surface area contributed by atoms with Crippen molar-refractivity contribution in [1.82, 2.24) is 25.0 Å². The largest absolute Gasteiger partial charge is 0.343 e. The minimum Gasteiger partial charge on any atom is -0.343 e. The van der Waals surface area contributed by atoms with E-state index in [2.05, 4.69) is 15.4 Å². The van der Waals surface area contributed by atoms with Gasteiger partial charge in [0.05, 0.1) is 6.54 Å². The van der Waals surface area contributed by atoms with Crippen LogP contribution in [0.1, 0.15) is 44.9 Å². The molecule has 1 N–H and O–H groups in total. The van der Waals surface area contributed by atoms with Gasteiger partial charge >= 0.3 is 0 Å². The summed E-state index contributed by atoms with van der Waals surface area (Å²) in [6.07, 6.45) is 6.90. The Hall–Kier alpha value is -1.43. The Kier molecular flexibility index (Phi) is 5.52. The van der Waals surface area contributed by atoms with E-state index in [-0.39, 0.29) is 11.9 Å². The highest BCUT2D eigenvalue weighted by Gasteiger charge is 2.17. The molecule has 0 unspecified atom stereocenters. The van der Waals surface area contributed by atoms with Crippen LogP contribution in [0.3, 0.4) is 0 Å². The molecule has 0 spiro atoms. The van der Waals surface area contributed by atoms with Gasteiger partial charge in [-0.15, -0.1) is 0 Å². The Morgan fingerprint density at radius 1 is 1.35 bits per heavy atom. The maximum Gasteiger partial charge on any atom is 0.224 e. The average molecular weight is 279 g/mol. The summed E-state index contributed by atoms with van der Waals surface area (Å²) in [5.74, 6) is 1.16. The molecule has 1 fully saturated rings. The van der Waals surface area contributed by atoms with Crippen molar-refractivity contribution in [2.24, 2.45) is 7.05 Å². The molecule has 6 nitrogen and oxygen atoms in total. The summed E-state index contributed by atoms with van der Waals surface area (Å²) in [7, 11) is 1.87. The third kappa shape index (κ3) is 4.30. The second-order valence-electron chi connectivity index (χ2n) is 5.58. The van der Waals surface area contributed by atoms with Crippen LogP contribution in [-0.2, 0) is 18.4 Å². The number of aromatic nitrogens is 3. The van der Waals surface area contributed by atoms with Crippen molar-refractivity contribution in [2.45, 2.75) is 51.6 Å². The zero-order valence-electron chi connectivity index (χ0n) is 12.5. The van der Waals surface area contributed by atoms with Gasteiger partial charge in [-0.25, -0.2) is 4.98 Å². The number of carbonyl (C=O) groups excluding carboxylic acids is 1. The van der Waals surface area contributed by atoms with Crippen LogP contribution in [0.25, 0.3) is 0 Å². The first kappa shape index (κ1) is 15.0. The van der Waals surface area contributed by atoms with Crippen molar-refractivity contribution in [3.05, 3.63) is 12.2 Å². The van der Waals surface area contributed by atoms with Crippen molar-refractivity contribution >= 4 is 5.91 Å². The molecule has 1 amide bonds. The Balaban J connectivity index is 1.74. The van der Waals surface area contributed by atoms with Crippen LogP contribution in [0.4, 0.5) is 0 Å². The summed E-state index contributed by atoms with van der Waals surface area (Å²) in [6, 6.07) is 0.155. The number of rotatable bonds is 5. The molecule has 0 bridgehead atoms. The molecule has 112 valence electrons. The lowest BCUT2D eigenvalue weighted by Gasteiger charge is -2.22. The fourth-order valence-corrected chi connectivity index (χ4v) is 2.53. The molecule has 0 aliphatic carbocycles. The molecular weight excluding hydrogens is 254 g/mol. The normalized spacial score (nSPS) is 17.8. The predicted octanol–water partition coefficient (Wildman–Crippen LogP) is 1.09. The monoisotopic (exact) mass is 279 g/mol. The molecule has 0 saturated carbocycles. The number of nitrogens with zero attached hydrogens (tertiary/aromatic N) is 4.